The summed E-state index contributed by atoms with van der Waals surface area (Å²) in [6, 6.07) is 0. The van der Waals surface area contributed by atoms with E-state index in [4.69, 9.17) is 0 Å². The minimum Gasteiger partial charge on any atom is -0.296 e. The van der Waals surface area contributed by atoms with Crippen LogP contribution in [0, 0.1) is 5.92 Å². The van der Waals surface area contributed by atoms with Crippen molar-refractivity contribution in [3.8, 4) is 0 Å². The molecule has 1 saturated carbocycles. The van der Waals surface area contributed by atoms with Crippen LogP contribution >= 0.6 is 0 Å². The summed E-state index contributed by atoms with van der Waals surface area (Å²) in [5, 5.41) is 12.0. The molecule has 1 aromatic heterocycles. The van der Waals surface area contributed by atoms with E-state index in [1.165, 1.54) is 25.8 Å². The van der Waals surface area contributed by atoms with Gasteiger partial charge in [0.2, 0.25) is 0 Å². The zero-order valence-corrected chi connectivity index (χ0v) is 11.0. The van der Waals surface area contributed by atoms with E-state index < -0.39 is 0 Å². The van der Waals surface area contributed by atoms with Gasteiger partial charge in [-0.15, -0.1) is 5.10 Å². The standard InChI is InChI=1S/C12H23N5/c1-3-7-16(9-11-5-6-11)10-12-13-14-15-17(12)8-4-2/h11H,3-10H2,1-2H3. The minimum absolute atomic E-state index is 0.900. The highest BCUT2D eigenvalue weighted by Gasteiger charge is 2.24. The maximum Gasteiger partial charge on any atom is 0.165 e. The molecule has 0 spiro atoms. The number of aromatic nitrogens is 4. The van der Waals surface area contributed by atoms with Crippen LogP contribution in [0.25, 0.3) is 0 Å². The summed E-state index contributed by atoms with van der Waals surface area (Å²) in [6.07, 6.45) is 5.08. The molecule has 5 heteroatoms. The van der Waals surface area contributed by atoms with E-state index in [0.29, 0.717) is 0 Å². The van der Waals surface area contributed by atoms with Gasteiger partial charge in [-0.1, -0.05) is 13.8 Å². The molecule has 1 fully saturated rings. The molecule has 2 rings (SSSR count). The molecule has 0 aliphatic heterocycles. The quantitative estimate of drug-likeness (QED) is 0.690. The Morgan fingerprint density at radius 1 is 1.29 bits per heavy atom. The van der Waals surface area contributed by atoms with E-state index >= 15 is 0 Å². The number of aryl methyl sites for hydroxylation is 1. The van der Waals surface area contributed by atoms with Crippen LogP contribution in [0.2, 0.25) is 0 Å². The van der Waals surface area contributed by atoms with Crippen LogP contribution in [0.1, 0.15) is 45.4 Å². The lowest BCUT2D eigenvalue weighted by Gasteiger charge is -2.20. The van der Waals surface area contributed by atoms with Gasteiger partial charge in [0.1, 0.15) is 0 Å². The van der Waals surface area contributed by atoms with Crippen LogP contribution in [-0.4, -0.2) is 38.2 Å². The second kappa shape index (κ2) is 6.10. The Hall–Kier alpha value is -0.970. The first kappa shape index (κ1) is 12.5. The lowest BCUT2D eigenvalue weighted by Crippen LogP contribution is -2.28. The van der Waals surface area contributed by atoms with Crippen LogP contribution in [-0.2, 0) is 13.1 Å². The van der Waals surface area contributed by atoms with Gasteiger partial charge >= 0.3 is 0 Å². The van der Waals surface area contributed by atoms with Crippen molar-refractivity contribution in [2.24, 2.45) is 5.92 Å². The fourth-order valence-electron chi connectivity index (χ4n) is 2.14. The summed E-state index contributed by atoms with van der Waals surface area (Å²) in [4.78, 5) is 2.50. The van der Waals surface area contributed by atoms with Crippen LogP contribution in [0.15, 0.2) is 0 Å². The summed E-state index contributed by atoms with van der Waals surface area (Å²) >= 11 is 0. The topological polar surface area (TPSA) is 46.8 Å². The minimum atomic E-state index is 0.900. The highest BCUT2D eigenvalue weighted by Crippen LogP contribution is 2.30. The predicted molar refractivity (Wildman–Crippen MR) is 66.4 cm³/mol. The number of tetrazole rings is 1. The lowest BCUT2D eigenvalue weighted by molar-refractivity contribution is 0.243. The maximum absolute atomic E-state index is 4.14. The Bertz CT molecular complexity index is 331. The number of hydrogen-bond donors (Lipinski definition) is 0. The SMILES string of the molecule is CCCN(Cc1nnnn1CCC)CC1CC1. The highest BCUT2D eigenvalue weighted by molar-refractivity contribution is 4.84. The van der Waals surface area contributed by atoms with E-state index in [0.717, 1.165) is 37.8 Å². The molecule has 5 nitrogen and oxygen atoms in total. The summed E-state index contributed by atoms with van der Waals surface area (Å²) in [5.74, 6) is 1.94. The largest absolute Gasteiger partial charge is 0.296 e. The van der Waals surface area contributed by atoms with Crippen molar-refractivity contribution in [3.63, 3.8) is 0 Å². The first-order valence-electron chi connectivity index (χ1n) is 6.80. The molecule has 17 heavy (non-hydrogen) atoms. The van der Waals surface area contributed by atoms with E-state index in [9.17, 15) is 0 Å². The molecule has 0 saturated heterocycles. The van der Waals surface area contributed by atoms with Gasteiger partial charge in [0.25, 0.3) is 0 Å². The molecule has 0 bridgehead atoms. The van der Waals surface area contributed by atoms with Gasteiger partial charge < -0.3 is 0 Å². The molecular weight excluding hydrogens is 214 g/mol. The Morgan fingerprint density at radius 3 is 2.76 bits per heavy atom. The molecule has 1 aliphatic rings. The van der Waals surface area contributed by atoms with Gasteiger partial charge in [0, 0.05) is 13.1 Å². The first-order chi connectivity index (χ1) is 8.33. The Labute approximate surface area is 103 Å². The van der Waals surface area contributed by atoms with Gasteiger partial charge in [-0.3, -0.25) is 4.90 Å². The summed E-state index contributed by atoms with van der Waals surface area (Å²) in [6.45, 7) is 8.57. The average Bonchev–Trinajstić information content (AvgIpc) is 3.01. The van der Waals surface area contributed by atoms with E-state index in [-0.39, 0.29) is 0 Å². The normalized spacial score (nSPS) is 15.7. The van der Waals surface area contributed by atoms with Crippen molar-refractivity contribution in [2.45, 2.75) is 52.6 Å². The Morgan fingerprint density at radius 2 is 2.12 bits per heavy atom. The fraction of sp³-hybridized carbons (Fsp3) is 0.917. The Kier molecular flexibility index (Phi) is 4.48. The van der Waals surface area contributed by atoms with Crippen molar-refractivity contribution in [3.05, 3.63) is 5.82 Å². The van der Waals surface area contributed by atoms with Crippen molar-refractivity contribution in [2.75, 3.05) is 13.1 Å². The number of rotatable bonds is 8. The molecular formula is C12H23N5. The molecule has 0 unspecified atom stereocenters. The maximum atomic E-state index is 4.14. The van der Waals surface area contributed by atoms with Crippen LogP contribution in [0.5, 0.6) is 0 Å². The van der Waals surface area contributed by atoms with Crippen LogP contribution in [0.3, 0.4) is 0 Å². The van der Waals surface area contributed by atoms with E-state index in [2.05, 4.69) is 34.3 Å². The summed E-state index contributed by atoms with van der Waals surface area (Å²) in [5.41, 5.74) is 0. The zero-order valence-electron chi connectivity index (χ0n) is 11.0. The van der Waals surface area contributed by atoms with Crippen LogP contribution < -0.4 is 0 Å². The number of nitrogens with zero attached hydrogens (tertiary/aromatic N) is 5. The summed E-state index contributed by atoms with van der Waals surface area (Å²) in [7, 11) is 0. The molecule has 0 N–H and O–H groups in total. The van der Waals surface area contributed by atoms with Crippen molar-refractivity contribution in [1.82, 2.24) is 25.1 Å². The molecule has 1 heterocycles. The van der Waals surface area contributed by atoms with Gasteiger partial charge in [-0.25, -0.2) is 4.68 Å². The summed E-state index contributed by atoms with van der Waals surface area (Å²) < 4.78 is 1.94. The van der Waals surface area contributed by atoms with Crippen molar-refractivity contribution >= 4 is 0 Å². The molecule has 1 aliphatic carbocycles. The third-order valence-corrected chi connectivity index (χ3v) is 3.16. The third kappa shape index (κ3) is 3.77. The fourth-order valence-corrected chi connectivity index (χ4v) is 2.14. The molecule has 0 atom stereocenters. The van der Waals surface area contributed by atoms with E-state index in [1.54, 1.807) is 0 Å². The second-order valence-electron chi connectivity index (χ2n) is 5.00. The van der Waals surface area contributed by atoms with Crippen molar-refractivity contribution in [1.29, 1.82) is 0 Å². The molecule has 0 aromatic carbocycles. The number of hydrogen-bond acceptors (Lipinski definition) is 4. The molecule has 96 valence electrons. The Balaban J connectivity index is 1.92. The average molecular weight is 237 g/mol. The van der Waals surface area contributed by atoms with Gasteiger partial charge in [-0.2, -0.15) is 0 Å². The molecule has 0 amide bonds. The molecule has 1 aromatic rings. The lowest BCUT2D eigenvalue weighted by atomic mass is 10.3. The first-order valence-corrected chi connectivity index (χ1v) is 6.80. The third-order valence-electron chi connectivity index (χ3n) is 3.16. The van der Waals surface area contributed by atoms with Gasteiger partial charge in [0.05, 0.1) is 6.54 Å². The van der Waals surface area contributed by atoms with Gasteiger partial charge in [-0.05, 0) is 48.6 Å². The monoisotopic (exact) mass is 237 g/mol. The smallest absolute Gasteiger partial charge is 0.165 e. The van der Waals surface area contributed by atoms with Gasteiger partial charge in [0.15, 0.2) is 5.82 Å². The zero-order chi connectivity index (χ0) is 12.1. The van der Waals surface area contributed by atoms with Crippen LogP contribution in [0.4, 0.5) is 0 Å². The van der Waals surface area contributed by atoms with E-state index in [1.807, 2.05) is 4.68 Å². The second-order valence-corrected chi connectivity index (χ2v) is 5.00. The van der Waals surface area contributed by atoms with Crippen molar-refractivity contribution < 1.29 is 0 Å². The molecule has 0 radical (unpaired) electrons. The predicted octanol–water partition coefficient (Wildman–Crippen LogP) is 1.71. The highest BCUT2D eigenvalue weighted by atomic mass is 15.5.